The lowest BCUT2D eigenvalue weighted by Crippen LogP contribution is -2.50. The van der Waals surface area contributed by atoms with E-state index in [0.29, 0.717) is 23.9 Å². The van der Waals surface area contributed by atoms with Crippen LogP contribution in [0.1, 0.15) is 47.5 Å². The van der Waals surface area contributed by atoms with Crippen LogP contribution in [0.5, 0.6) is 5.75 Å². The van der Waals surface area contributed by atoms with Gasteiger partial charge in [0.25, 0.3) is 0 Å². The maximum atomic E-state index is 13.0. The van der Waals surface area contributed by atoms with Gasteiger partial charge in [0.1, 0.15) is 5.75 Å². The molecule has 0 saturated heterocycles. The Morgan fingerprint density at radius 1 is 1.30 bits per heavy atom. The van der Waals surface area contributed by atoms with Gasteiger partial charge in [-0.05, 0) is 67.2 Å². The van der Waals surface area contributed by atoms with Crippen LogP contribution in [-0.4, -0.2) is 30.6 Å². The van der Waals surface area contributed by atoms with Gasteiger partial charge < -0.3 is 15.0 Å². The molecular formula is C23H34N2O2. The van der Waals surface area contributed by atoms with Gasteiger partial charge >= 0.3 is 6.03 Å². The van der Waals surface area contributed by atoms with Crippen molar-refractivity contribution < 1.29 is 9.53 Å². The van der Waals surface area contributed by atoms with E-state index in [4.69, 9.17) is 4.74 Å². The van der Waals surface area contributed by atoms with Gasteiger partial charge in [0.05, 0.1) is 6.61 Å². The minimum atomic E-state index is -0.0204. The molecule has 1 aromatic carbocycles. The van der Waals surface area contributed by atoms with Gasteiger partial charge in [-0.25, -0.2) is 4.79 Å². The molecule has 2 bridgehead atoms. The molecule has 1 N–H and O–H groups in total. The van der Waals surface area contributed by atoms with Gasteiger partial charge in [0.15, 0.2) is 0 Å². The summed E-state index contributed by atoms with van der Waals surface area (Å²) in [7, 11) is 0. The summed E-state index contributed by atoms with van der Waals surface area (Å²) in [5, 5.41) is 3.06. The Morgan fingerprint density at radius 2 is 2.00 bits per heavy atom. The molecule has 4 nitrogen and oxygen atoms in total. The van der Waals surface area contributed by atoms with E-state index >= 15 is 0 Å². The molecule has 0 aromatic heterocycles. The molecule has 0 spiro atoms. The maximum absolute atomic E-state index is 13.0. The van der Waals surface area contributed by atoms with E-state index in [-0.39, 0.29) is 6.03 Å². The molecule has 1 aromatic rings. The Morgan fingerprint density at radius 3 is 2.56 bits per heavy atom. The van der Waals surface area contributed by atoms with E-state index in [2.05, 4.69) is 39.1 Å². The van der Waals surface area contributed by atoms with E-state index < -0.39 is 0 Å². The zero-order chi connectivity index (χ0) is 19.6. The summed E-state index contributed by atoms with van der Waals surface area (Å²) in [6.45, 7) is 13.2. The normalized spacial score (nSPS) is 22.7. The highest BCUT2D eigenvalue weighted by Crippen LogP contribution is 2.59. The van der Waals surface area contributed by atoms with E-state index in [1.165, 1.54) is 12.0 Å². The second-order valence-electron chi connectivity index (χ2n) is 8.98. The zero-order valence-corrected chi connectivity index (χ0v) is 17.4. The summed E-state index contributed by atoms with van der Waals surface area (Å²) in [6, 6.07) is 7.57. The predicted molar refractivity (Wildman–Crippen MR) is 111 cm³/mol. The first-order chi connectivity index (χ1) is 12.8. The third-order valence-corrected chi connectivity index (χ3v) is 6.25. The number of fused-ring (bicyclic) bond motifs is 1. The molecule has 1 fully saturated rings. The first kappa shape index (κ1) is 19.8. The Kier molecular flexibility index (Phi) is 5.83. The second kappa shape index (κ2) is 7.95. The number of anilines is 1. The summed E-state index contributed by atoms with van der Waals surface area (Å²) in [5.74, 6) is 2.71. The van der Waals surface area contributed by atoms with Crippen LogP contribution >= 0.6 is 0 Å². The molecule has 0 heterocycles. The van der Waals surface area contributed by atoms with E-state index in [9.17, 15) is 4.79 Å². The van der Waals surface area contributed by atoms with Crippen molar-refractivity contribution in [2.24, 2.45) is 23.2 Å². The number of carbonyl (C=O) groups is 1. The molecular weight excluding hydrogens is 336 g/mol. The van der Waals surface area contributed by atoms with Crippen LogP contribution in [0.2, 0.25) is 0 Å². The van der Waals surface area contributed by atoms with Gasteiger partial charge in [-0.1, -0.05) is 39.3 Å². The quantitative estimate of drug-likeness (QED) is 0.638. The minimum Gasteiger partial charge on any atom is -0.494 e. The number of allylic oxidation sites excluding steroid dienone is 1. The fraction of sp³-hybridized carbons (Fsp3) is 0.609. The SMILES string of the molecule is CCOc1ccc(NC(=O)N(CC2=CCC3CC2C3(C)C)CC(C)C)cc1. The topological polar surface area (TPSA) is 41.6 Å². The number of hydrogen-bond acceptors (Lipinski definition) is 2. The predicted octanol–water partition coefficient (Wildman–Crippen LogP) is 5.57. The van der Waals surface area contributed by atoms with Crippen molar-refractivity contribution in [1.82, 2.24) is 4.90 Å². The fourth-order valence-corrected chi connectivity index (χ4v) is 4.54. The summed E-state index contributed by atoms with van der Waals surface area (Å²) >= 11 is 0. The van der Waals surface area contributed by atoms with Crippen LogP contribution in [0.4, 0.5) is 10.5 Å². The van der Waals surface area contributed by atoms with Crippen LogP contribution in [0.15, 0.2) is 35.9 Å². The monoisotopic (exact) mass is 370 g/mol. The fourth-order valence-electron chi connectivity index (χ4n) is 4.54. The van der Waals surface area contributed by atoms with E-state index in [0.717, 1.165) is 36.9 Å². The number of urea groups is 1. The summed E-state index contributed by atoms with van der Waals surface area (Å²) in [5.41, 5.74) is 2.64. The van der Waals surface area contributed by atoms with Crippen LogP contribution in [0.3, 0.4) is 0 Å². The molecule has 0 aliphatic heterocycles. The van der Waals surface area contributed by atoms with Gasteiger partial charge in [-0.15, -0.1) is 0 Å². The highest BCUT2D eigenvalue weighted by molar-refractivity contribution is 5.89. The number of nitrogens with zero attached hydrogens (tertiary/aromatic N) is 1. The Bertz CT molecular complexity index is 691. The Labute approximate surface area is 164 Å². The number of carbonyl (C=O) groups excluding carboxylic acids is 1. The average Bonchev–Trinajstić information content (AvgIpc) is 2.62. The molecule has 27 heavy (non-hydrogen) atoms. The number of rotatable bonds is 7. The van der Waals surface area contributed by atoms with Crippen molar-refractivity contribution in [3.8, 4) is 5.75 Å². The zero-order valence-electron chi connectivity index (χ0n) is 17.4. The summed E-state index contributed by atoms with van der Waals surface area (Å²) in [4.78, 5) is 14.9. The number of amides is 2. The largest absolute Gasteiger partial charge is 0.494 e. The Hall–Kier alpha value is -1.97. The molecule has 2 amide bonds. The van der Waals surface area contributed by atoms with Crippen molar-refractivity contribution in [2.45, 2.75) is 47.5 Å². The van der Waals surface area contributed by atoms with Crippen LogP contribution in [0, 0.1) is 23.2 Å². The van der Waals surface area contributed by atoms with Gasteiger partial charge in [0, 0.05) is 18.8 Å². The highest BCUT2D eigenvalue weighted by Gasteiger charge is 2.51. The van der Waals surface area contributed by atoms with E-state index in [1.807, 2.05) is 36.1 Å². The lowest BCUT2D eigenvalue weighted by atomic mass is 9.49. The third-order valence-electron chi connectivity index (χ3n) is 6.25. The minimum absolute atomic E-state index is 0.0204. The summed E-state index contributed by atoms with van der Waals surface area (Å²) in [6.07, 6.45) is 4.84. The van der Waals surface area contributed by atoms with E-state index in [1.54, 1.807) is 0 Å². The molecule has 0 radical (unpaired) electrons. The molecule has 4 heteroatoms. The molecule has 2 unspecified atom stereocenters. The van der Waals surface area contributed by atoms with Crippen molar-refractivity contribution in [3.05, 3.63) is 35.9 Å². The standard InChI is InChI=1S/C23H34N2O2/c1-6-27-20-11-9-19(10-12-20)24-22(26)25(14-16(2)3)15-17-7-8-18-13-21(17)23(18,4)5/h7,9-12,16,18,21H,6,8,13-15H2,1-5H3,(H,24,26). The molecule has 148 valence electrons. The first-order valence-corrected chi connectivity index (χ1v) is 10.3. The number of benzene rings is 1. The van der Waals surface area contributed by atoms with Crippen molar-refractivity contribution in [1.29, 1.82) is 0 Å². The third kappa shape index (κ3) is 4.31. The number of hydrogen-bond donors (Lipinski definition) is 1. The first-order valence-electron chi connectivity index (χ1n) is 10.3. The van der Waals surface area contributed by atoms with Crippen LogP contribution in [-0.2, 0) is 0 Å². The molecule has 1 saturated carbocycles. The summed E-state index contributed by atoms with van der Waals surface area (Å²) < 4.78 is 5.47. The molecule has 2 atom stereocenters. The van der Waals surface area contributed by atoms with Crippen molar-refractivity contribution in [3.63, 3.8) is 0 Å². The highest BCUT2D eigenvalue weighted by atomic mass is 16.5. The van der Waals surface area contributed by atoms with Crippen LogP contribution in [0.25, 0.3) is 0 Å². The lowest BCUT2D eigenvalue weighted by Gasteiger charge is -2.57. The van der Waals surface area contributed by atoms with Crippen LogP contribution < -0.4 is 10.1 Å². The Balaban J connectivity index is 1.67. The van der Waals surface area contributed by atoms with Gasteiger partial charge in [0.2, 0.25) is 0 Å². The molecule has 3 aliphatic carbocycles. The number of nitrogens with one attached hydrogen (secondary N) is 1. The van der Waals surface area contributed by atoms with Gasteiger partial charge in [-0.3, -0.25) is 0 Å². The van der Waals surface area contributed by atoms with Crippen molar-refractivity contribution in [2.75, 3.05) is 25.0 Å². The maximum Gasteiger partial charge on any atom is 0.322 e. The molecule has 3 aliphatic rings. The molecule has 4 rings (SSSR count). The lowest BCUT2D eigenvalue weighted by molar-refractivity contribution is -0.00968. The van der Waals surface area contributed by atoms with Crippen molar-refractivity contribution >= 4 is 11.7 Å². The average molecular weight is 371 g/mol. The smallest absolute Gasteiger partial charge is 0.322 e. The second-order valence-corrected chi connectivity index (χ2v) is 8.98. The van der Waals surface area contributed by atoms with Gasteiger partial charge in [-0.2, -0.15) is 0 Å². The number of ether oxygens (including phenoxy) is 1.